The molecule has 0 atom stereocenters. The molecule has 0 spiro atoms. The predicted octanol–water partition coefficient (Wildman–Crippen LogP) is -2.14. The van der Waals surface area contributed by atoms with Crippen molar-refractivity contribution in [3.63, 3.8) is 0 Å². The van der Waals surface area contributed by atoms with Crippen molar-refractivity contribution in [3.05, 3.63) is 0 Å². The first-order valence-electron chi connectivity index (χ1n) is 1.43. The van der Waals surface area contributed by atoms with Gasteiger partial charge in [-0.2, -0.15) is 0 Å². The summed E-state index contributed by atoms with van der Waals surface area (Å²) in [6.07, 6.45) is 0. The average molecular weight is 146 g/mol. The zero-order chi connectivity index (χ0) is 4.99. The minimum absolute atomic E-state index is 0. The van der Waals surface area contributed by atoms with Crippen molar-refractivity contribution in [1.82, 2.24) is 0 Å². The second-order valence-electron chi connectivity index (χ2n) is 0.658. The molecule has 7 heteroatoms. The Morgan fingerprint density at radius 3 is 1.57 bits per heavy atom. The van der Waals surface area contributed by atoms with Crippen LogP contribution >= 0.6 is 8.25 Å². The Hall–Kier alpha value is 1.92. The Labute approximate surface area is 87.8 Å². The van der Waals surface area contributed by atoms with Crippen LogP contribution in [0.4, 0.5) is 0 Å². The topological polar surface area (TPSA) is 35.5 Å². The van der Waals surface area contributed by atoms with E-state index >= 15 is 0 Å². The van der Waals surface area contributed by atoms with Gasteiger partial charge in [0, 0.05) is 0 Å². The summed E-state index contributed by atoms with van der Waals surface area (Å²) in [5.74, 6) is 0. The van der Waals surface area contributed by atoms with Crippen molar-refractivity contribution >= 4 is 75.7 Å². The Morgan fingerprint density at radius 1 is 1.29 bits per heavy atom. The first kappa shape index (κ1) is 11.7. The fraction of sp³-hybridized carbons (Fsp3) is 0. The van der Waals surface area contributed by atoms with Crippen LogP contribution in [0.3, 0.4) is 0 Å². The zero-order valence-electron chi connectivity index (χ0n) is 3.72. The van der Waals surface area contributed by atoms with E-state index in [-0.39, 0.29) is 51.4 Å². The van der Waals surface area contributed by atoms with Gasteiger partial charge in [0.05, 0.1) is 0 Å². The molecule has 0 heterocycles. The summed E-state index contributed by atoms with van der Waals surface area (Å²) < 4.78 is 18.4. The number of hydrogen-bond donors (Lipinski definition) is 0. The van der Waals surface area contributed by atoms with E-state index in [0.717, 1.165) is 0 Å². The molecule has 0 saturated carbocycles. The SMILES string of the molecule is BO[PH](=O)OB.[KH]. The Balaban J connectivity index is 0. The molecular formula is H6B2KO3P. The van der Waals surface area contributed by atoms with Gasteiger partial charge in [-0.25, -0.2) is 0 Å². The molecule has 0 fully saturated rings. The van der Waals surface area contributed by atoms with E-state index in [2.05, 4.69) is 8.88 Å². The van der Waals surface area contributed by atoms with Crippen LogP contribution in [0.5, 0.6) is 0 Å². The van der Waals surface area contributed by atoms with Gasteiger partial charge in [0.1, 0.15) is 0 Å². The molecule has 3 nitrogen and oxygen atoms in total. The van der Waals surface area contributed by atoms with Crippen molar-refractivity contribution in [2.45, 2.75) is 0 Å². The molecule has 0 rings (SSSR count). The fourth-order valence-corrected chi connectivity index (χ4v) is 0.250. The van der Waals surface area contributed by atoms with Gasteiger partial charge in [-0.05, 0) is 0 Å². The van der Waals surface area contributed by atoms with Crippen molar-refractivity contribution in [2.75, 3.05) is 0 Å². The van der Waals surface area contributed by atoms with Gasteiger partial charge in [-0.15, -0.1) is 0 Å². The predicted molar refractivity (Wildman–Crippen MR) is 35.4 cm³/mol. The van der Waals surface area contributed by atoms with E-state index in [1.807, 2.05) is 0 Å². The monoisotopic (exact) mass is 146 g/mol. The van der Waals surface area contributed by atoms with Gasteiger partial charge < -0.3 is 8.88 Å². The molecule has 0 aliphatic heterocycles. The molecule has 7 heavy (non-hydrogen) atoms. The van der Waals surface area contributed by atoms with Crippen molar-refractivity contribution in [2.24, 2.45) is 0 Å². The summed E-state index contributed by atoms with van der Waals surface area (Å²) in [5.41, 5.74) is 0. The summed E-state index contributed by atoms with van der Waals surface area (Å²) in [4.78, 5) is 0. The summed E-state index contributed by atoms with van der Waals surface area (Å²) in [6, 6.07) is 0. The van der Waals surface area contributed by atoms with E-state index < -0.39 is 8.25 Å². The Bertz CT molecular complexity index is 50.9. The van der Waals surface area contributed by atoms with Gasteiger partial charge in [0.2, 0.25) is 0 Å². The molecule has 0 bridgehead atoms. The van der Waals surface area contributed by atoms with E-state index in [1.165, 1.54) is 16.1 Å². The Kier molecular flexibility index (Phi) is 13.2. The summed E-state index contributed by atoms with van der Waals surface area (Å²) in [5, 5.41) is 0. The summed E-state index contributed by atoms with van der Waals surface area (Å²) >= 11 is 0. The standard InChI is InChI=1S/B2H5O3P.K.H/c1-4-6(3)5-2;;/h6H,1-2H2;;. The summed E-state index contributed by atoms with van der Waals surface area (Å²) in [7, 11) is 0.558. The first-order chi connectivity index (χ1) is 2.81. The molecule has 0 radical (unpaired) electrons. The second kappa shape index (κ2) is 7.92. The quantitative estimate of drug-likeness (QED) is 0.329. The van der Waals surface area contributed by atoms with E-state index in [1.54, 1.807) is 0 Å². The van der Waals surface area contributed by atoms with Crippen LogP contribution in [0.1, 0.15) is 0 Å². The third-order valence-electron chi connectivity index (χ3n) is 0.333. The molecule has 0 unspecified atom stereocenters. The minimum atomic E-state index is -2.12. The summed E-state index contributed by atoms with van der Waals surface area (Å²) in [6.45, 7) is 0. The van der Waals surface area contributed by atoms with Crippen LogP contribution in [-0.4, -0.2) is 67.5 Å². The van der Waals surface area contributed by atoms with Gasteiger partial charge in [-0.3, -0.25) is 4.57 Å². The van der Waals surface area contributed by atoms with Crippen molar-refractivity contribution in [3.8, 4) is 0 Å². The zero-order valence-corrected chi connectivity index (χ0v) is 4.72. The fourth-order valence-electron chi connectivity index (χ4n) is 0.0833. The molecular weight excluding hydrogens is 140 g/mol. The maximum atomic E-state index is 9.92. The number of rotatable bonds is 2. The molecule has 0 aromatic carbocycles. The molecule has 0 aromatic rings. The van der Waals surface area contributed by atoms with Gasteiger partial charge in [0.25, 0.3) is 24.4 Å². The average Bonchev–Trinajstić information content (AvgIpc) is 1.65. The molecule has 0 saturated heterocycles. The molecule has 0 N–H and O–H groups in total. The van der Waals surface area contributed by atoms with Crippen LogP contribution in [0, 0.1) is 0 Å². The molecule has 0 aliphatic carbocycles. The number of hydrogen-bond acceptors (Lipinski definition) is 3. The van der Waals surface area contributed by atoms with E-state index in [9.17, 15) is 4.57 Å². The van der Waals surface area contributed by atoms with Crippen LogP contribution in [0.15, 0.2) is 0 Å². The molecule has 36 valence electrons. The third kappa shape index (κ3) is 7.92. The van der Waals surface area contributed by atoms with Gasteiger partial charge >= 0.3 is 51.4 Å². The molecule has 0 aliphatic rings. The third-order valence-corrected chi connectivity index (χ3v) is 1.00. The Morgan fingerprint density at radius 2 is 1.57 bits per heavy atom. The van der Waals surface area contributed by atoms with Crippen LogP contribution in [0.25, 0.3) is 0 Å². The second-order valence-corrected chi connectivity index (χ2v) is 1.97. The maximum absolute atomic E-state index is 9.92. The van der Waals surface area contributed by atoms with Gasteiger partial charge in [0.15, 0.2) is 0 Å². The van der Waals surface area contributed by atoms with Gasteiger partial charge in [-0.1, -0.05) is 0 Å². The van der Waals surface area contributed by atoms with E-state index in [4.69, 9.17) is 0 Å². The van der Waals surface area contributed by atoms with Crippen LogP contribution in [-0.2, 0) is 13.4 Å². The van der Waals surface area contributed by atoms with E-state index in [0.29, 0.717) is 0 Å². The molecule has 0 aromatic heterocycles. The first-order valence-corrected chi connectivity index (χ1v) is 2.65. The van der Waals surface area contributed by atoms with Crippen LogP contribution < -0.4 is 0 Å². The van der Waals surface area contributed by atoms with Crippen LogP contribution in [0.2, 0.25) is 0 Å². The van der Waals surface area contributed by atoms with Crippen molar-refractivity contribution < 1.29 is 13.4 Å². The normalized spacial score (nSPS) is 8.14. The van der Waals surface area contributed by atoms with Crippen molar-refractivity contribution in [1.29, 1.82) is 0 Å². The molecule has 0 amide bonds.